The molecule has 0 N–H and O–H groups in total. The number of piperidine rings is 1. The van der Waals surface area contributed by atoms with Crippen molar-refractivity contribution in [3.05, 3.63) is 54.4 Å². The van der Waals surface area contributed by atoms with Gasteiger partial charge in [-0.25, -0.2) is 4.79 Å². The lowest BCUT2D eigenvalue weighted by Crippen LogP contribution is -2.48. The molecule has 1 saturated heterocycles. The van der Waals surface area contributed by atoms with Crippen molar-refractivity contribution in [2.75, 3.05) is 20.2 Å². The number of esters is 1. The lowest BCUT2D eigenvalue weighted by atomic mass is 10.00. The summed E-state index contributed by atoms with van der Waals surface area (Å²) in [5.41, 5.74) is 0.587. The second-order valence-electron chi connectivity index (χ2n) is 7.93. The lowest BCUT2D eigenvalue weighted by molar-refractivity contribution is -0.135. The normalized spacial score (nSPS) is 19.3. The Labute approximate surface area is 176 Å². The highest BCUT2D eigenvalue weighted by molar-refractivity contribution is 8.01. The zero-order valence-electron chi connectivity index (χ0n) is 16.9. The number of likely N-dealkylation sites (tertiary alicyclic amines) is 1. The smallest absolute Gasteiger partial charge is 0.354 e. The van der Waals surface area contributed by atoms with E-state index in [4.69, 9.17) is 4.74 Å². The first-order chi connectivity index (χ1) is 14.1. The maximum Gasteiger partial charge on any atom is 0.354 e. The van der Waals surface area contributed by atoms with E-state index in [9.17, 15) is 9.59 Å². The van der Waals surface area contributed by atoms with Crippen LogP contribution in [0.1, 0.15) is 55.1 Å². The molecular formula is C23H28N2O3S. The summed E-state index contributed by atoms with van der Waals surface area (Å²) in [5.74, 6) is -0.0133. The first-order valence-electron chi connectivity index (χ1n) is 10.4. The number of carbonyl (C=O) groups is 2. The molecule has 4 rings (SSSR count). The molecule has 1 amide bonds. The van der Waals surface area contributed by atoms with Crippen LogP contribution in [0.2, 0.25) is 0 Å². The summed E-state index contributed by atoms with van der Waals surface area (Å²) in [6, 6.07) is 14.2. The molecule has 0 radical (unpaired) electrons. The fraction of sp³-hybridized carbons (Fsp3) is 0.478. The Bertz CT molecular complexity index is 850. The lowest BCUT2D eigenvalue weighted by Gasteiger charge is -2.38. The van der Waals surface area contributed by atoms with Gasteiger partial charge >= 0.3 is 5.97 Å². The van der Waals surface area contributed by atoms with Crippen molar-refractivity contribution in [1.82, 2.24) is 9.47 Å². The summed E-state index contributed by atoms with van der Waals surface area (Å²) < 4.78 is 6.59. The second-order valence-corrected chi connectivity index (χ2v) is 9.39. The fourth-order valence-electron chi connectivity index (χ4n) is 4.64. The molecule has 0 atom stereocenters. The first-order valence-corrected chi connectivity index (χ1v) is 11.2. The zero-order valence-corrected chi connectivity index (χ0v) is 17.7. The third kappa shape index (κ3) is 4.08. The Morgan fingerprint density at radius 1 is 1.03 bits per heavy atom. The van der Waals surface area contributed by atoms with Gasteiger partial charge in [-0.3, -0.25) is 4.79 Å². The van der Waals surface area contributed by atoms with Gasteiger partial charge in [-0.15, -0.1) is 11.8 Å². The number of nitrogens with zero attached hydrogens (tertiary/aromatic N) is 2. The van der Waals surface area contributed by atoms with Crippen molar-refractivity contribution < 1.29 is 14.3 Å². The predicted molar refractivity (Wildman–Crippen MR) is 114 cm³/mol. The van der Waals surface area contributed by atoms with E-state index in [-0.39, 0.29) is 16.8 Å². The highest BCUT2D eigenvalue weighted by Gasteiger charge is 2.45. The zero-order chi connectivity index (χ0) is 20.3. The van der Waals surface area contributed by atoms with Crippen LogP contribution in [0.25, 0.3) is 0 Å². The molecule has 1 aliphatic heterocycles. The average Bonchev–Trinajstić information content (AvgIpc) is 3.44. The summed E-state index contributed by atoms with van der Waals surface area (Å²) in [5, 5.41) is 0. The Kier molecular flexibility index (Phi) is 5.99. The SMILES string of the molecule is COC(=O)c1cccn1C1CCN(C(=O)C2(Sc3ccccc3)CCCC2)CC1. The molecule has 1 saturated carbocycles. The number of thioether (sulfide) groups is 1. The highest BCUT2D eigenvalue weighted by atomic mass is 32.2. The summed E-state index contributed by atoms with van der Waals surface area (Å²) in [7, 11) is 1.41. The summed E-state index contributed by atoms with van der Waals surface area (Å²) >= 11 is 1.75. The monoisotopic (exact) mass is 412 g/mol. The Hall–Kier alpha value is -2.21. The summed E-state index contributed by atoms with van der Waals surface area (Å²) in [6.07, 6.45) is 7.80. The van der Waals surface area contributed by atoms with Gasteiger partial charge < -0.3 is 14.2 Å². The third-order valence-corrected chi connectivity index (χ3v) is 7.66. The van der Waals surface area contributed by atoms with Crippen LogP contribution in [0.4, 0.5) is 0 Å². The van der Waals surface area contributed by atoms with Crippen LogP contribution < -0.4 is 0 Å². The van der Waals surface area contributed by atoms with E-state index in [0.29, 0.717) is 11.6 Å². The van der Waals surface area contributed by atoms with E-state index in [0.717, 1.165) is 51.6 Å². The van der Waals surface area contributed by atoms with Crippen molar-refractivity contribution in [2.24, 2.45) is 0 Å². The van der Waals surface area contributed by atoms with Crippen LogP contribution in [-0.2, 0) is 9.53 Å². The van der Waals surface area contributed by atoms with Crippen molar-refractivity contribution in [3.8, 4) is 0 Å². The largest absolute Gasteiger partial charge is 0.464 e. The van der Waals surface area contributed by atoms with Gasteiger partial charge in [0.05, 0.1) is 11.9 Å². The molecule has 1 aromatic carbocycles. The number of carbonyl (C=O) groups excluding carboxylic acids is 2. The number of hydrogen-bond donors (Lipinski definition) is 0. The molecule has 29 heavy (non-hydrogen) atoms. The maximum atomic E-state index is 13.6. The summed E-state index contributed by atoms with van der Waals surface area (Å²) in [6.45, 7) is 1.47. The molecule has 2 aromatic rings. The minimum Gasteiger partial charge on any atom is -0.464 e. The molecule has 2 fully saturated rings. The van der Waals surface area contributed by atoms with Crippen molar-refractivity contribution >= 4 is 23.6 Å². The number of amides is 1. The van der Waals surface area contributed by atoms with E-state index in [1.165, 1.54) is 12.0 Å². The quantitative estimate of drug-likeness (QED) is 0.677. The van der Waals surface area contributed by atoms with Gasteiger partial charge in [0.25, 0.3) is 0 Å². The molecule has 154 valence electrons. The van der Waals surface area contributed by atoms with Crippen molar-refractivity contribution in [3.63, 3.8) is 0 Å². The Balaban J connectivity index is 1.44. The molecule has 6 heteroatoms. The maximum absolute atomic E-state index is 13.6. The number of methoxy groups -OCH3 is 1. The third-order valence-electron chi connectivity index (χ3n) is 6.18. The minimum absolute atomic E-state index is 0.226. The van der Waals surface area contributed by atoms with Gasteiger partial charge in [0, 0.05) is 30.2 Å². The van der Waals surface area contributed by atoms with Gasteiger partial charge in [-0.2, -0.15) is 0 Å². The predicted octanol–water partition coefficient (Wildman–Crippen LogP) is 4.54. The van der Waals surface area contributed by atoms with Crippen molar-refractivity contribution in [2.45, 2.75) is 54.2 Å². The van der Waals surface area contributed by atoms with E-state index < -0.39 is 0 Å². The number of hydrogen-bond acceptors (Lipinski definition) is 4. The van der Waals surface area contributed by atoms with Gasteiger partial charge in [0.1, 0.15) is 5.69 Å². The number of rotatable bonds is 5. The molecule has 1 aliphatic carbocycles. The van der Waals surface area contributed by atoms with E-state index in [1.54, 1.807) is 17.8 Å². The van der Waals surface area contributed by atoms with Crippen LogP contribution in [0.5, 0.6) is 0 Å². The summed E-state index contributed by atoms with van der Waals surface area (Å²) in [4.78, 5) is 28.8. The van der Waals surface area contributed by atoms with Gasteiger partial charge in [0.2, 0.25) is 5.91 Å². The molecule has 0 unspecified atom stereocenters. The molecule has 0 bridgehead atoms. The van der Waals surface area contributed by atoms with Gasteiger partial charge in [0.15, 0.2) is 0 Å². The van der Waals surface area contributed by atoms with Crippen LogP contribution in [0.3, 0.4) is 0 Å². The standard InChI is InChI=1S/C23H28N2O3S/c1-28-21(26)20-10-7-15-25(20)18-11-16-24(17-12-18)22(27)23(13-5-6-14-23)29-19-8-3-2-4-9-19/h2-4,7-10,15,18H,5-6,11-14,16-17H2,1H3. The molecule has 2 heterocycles. The van der Waals surface area contributed by atoms with Crippen LogP contribution in [0.15, 0.2) is 53.6 Å². The van der Waals surface area contributed by atoms with Crippen LogP contribution in [0, 0.1) is 0 Å². The molecule has 0 spiro atoms. The first kappa shape index (κ1) is 20.1. The van der Waals surface area contributed by atoms with E-state index >= 15 is 0 Å². The van der Waals surface area contributed by atoms with E-state index in [1.807, 2.05) is 35.0 Å². The van der Waals surface area contributed by atoms with Crippen LogP contribution >= 0.6 is 11.8 Å². The minimum atomic E-state index is -0.321. The van der Waals surface area contributed by atoms with Crippen LogP contribution in [-0.4, -0.2) is 46.3 Å². The average molecular weight is 413 g/mol. The Morgan fingerprint density at radius 3 is 2.38 bits per heavy atom. The molecular weight excluding hydrogens is 384 g/mol. The number of ether oxygens (including phenoxy) is 1. The fourth-order valence-corrected chi connectivity index (χ4v) is 6.10. The number of aromatic nitrogens is 1. The molecule has 2 aliphatic rings. The molecule has 5 nitrogen and oxygen atoms in total. The Morgan fingerprint density at radius 2 is 1.72 bits per heavy atom. The van der Waals surface area contributed by atoms with E-state index in [2.05, 4.69) is 17.0 Å². The number of benzene rings is 1. The van der Waals surface area contributed by atoms with Gasteiger partial charge in [-0.05, 0) is 49.9 Å². The second kappa shape index (κ2) is 8.66. The molecule has 1 aromatic heterocycles. The topological polar surface area (TPSA) is 51.5 Å². The highest BCUT2D eigenvalue weighted by Crippen LogP contribution is 2.47. The van der Waals surface area contributed by atoms with Crippen molar-refractivity contribution in [1.29, 1.82) is 0 Å². The van der Waals surface area contributed by atoms with Gasteiger partial charge in [-0.1, -0.05) is 31.0 Å².